The molecule has 0 rings (SSSR count). The molecule has 0 aliphatic carbocycles. The highest BCUT2D eigenvalue weighted by atomic mass is 16.5. The van der Waals surface area contributed by atoms with E-state index in [1.807, 2.05) is 20.9 Å². The van der Waals surface area contributed by atoms with Gasteiger partial charge >= 0.3 is 5.97 Å². The number of esters is 1. The zero-order valence-corrected chi connectivity index (χ0v) is 12.2. The molecule has 0 aromatic heterocycles. The summed E-state index contributed by atoms with van der Waals surface area (Å²) in [6.45, 7) is 9.51. The molecule has 102 valence electrons. The highest BCUT2D eigenvalue weighted by Crippen LogP contribution is 2.17. The monoisotopic (exact) mass is 244 g/mol. The van der Waals surface area contributed by atoms with Crippen molar-refractivity contribution in [2.45, 2.75) is 52.1 Å². The van der Waals surface area contributed by atoms with E-state index in [4.69, 9.17) is 4.74 Å². The lowest BCUT2D eigenvalue weighted by atomic mass is 9.93. The third kappa shape index (κ3) is 5.04. The lowest BCUT2D eigenvalue weighted by Crippen LogP contribution is -2.52. The molecule has 0 fully saturated rings. The molecule has 0 heterocycles. The van der Waals surface area contributed by atoms with Crippen LogP contribution < -0.4 is 5.32 Å². The van der Waals surface area contributed by atoms with E-state index in [0.29, 0.717) is 12.6 Å². The van der Waals surface area contributed by atoms with Gasteiger partial charge in [0.1, 0.15) is 5.54 Å². The minimum Gasteiger partial charge on any atom is -0.465 e. The van der Waals surface area contributed by atoms with Crippen molar-refractivity contribution in [1.82, 2.24) is 10.2 Å². The van der Waals surface area contributed by atoms with Crippen molar-refractivity contribution in [3.63, 3.8) is 0 Å². The van der Waals surface area contributed by atoms with Crippen LogP contribution in [-0.2, 0) is 9.53 Å². The van der Waals surface area contributed by atoms with Crippen molar-refractivity contribution in [3.8, 4) is 0 Å². The number of hydrogen-bond donors (Lipinski definition) is 1. The van der Waals surface area contributed by atoms with E-state index in [2.05, 4.69) is 31.1 Å². The average molecular weight is 244 g/mol. The van der Waals surface area contributed by atoms with Gasteiger partial charge in [0.2, 0.25) is 0 Å². The van der Waals surface area contributed by atoms with Gasteiger partial charge in [0.15, 0.2) is 0 Å². The fourth-order valence-electron chi connectivity index (χ4n) is 1.90. The molecule has 2 unspecified atom stereocenters. The van der Waals surface area contributed by atoms with Gasteiger partial charge < -0.3 is 15.0 Å². The van der Waals surface area contributed by atoms with E-state index in [1.165, 1.54) is 0 Å². The van der Waals surface area contributed by atoms with Crippen molar-refractivity contribution in [3.05, 3.63) is 0 Å². The third-order valence-electron chi connectivity index (χ3n) is 3.31. The molecule has 2 atom stereocenters. The first-order valence-electron chi connectivity index (χ1n) is 6.47. The Morgan fingerprint density at radius 3 is 2.47 bits per heavy atom. The van der Waals surface area contributed by atoms with Gasteiger partial charge in [-0.1, -0.05) is 6.92 Å². The van der Waals surface area contributed by atoms with Gasteiger partial charge in [-0.3, -0.25) is 4.79 Å². The van der Waals surface area contributed by atoms with Crippen molar-refractivity contribution in [2.75, 3.05) is 27.2 Å². The molecule has 4 nitrogen and oxygen atoms in total. The Hall–Kier alpha value is -0.610. The largest absolute Gasteiger partial charge is 0.465 e. The highest BCUT2D eigenvalue weighted by molar-refractivity contribution is 5.80. The minimum absolute atomic E-state index is 0.167. The van der Waals surface area contributed by atoms with Gasteiger partial charge in [-0.15, -0.1) is 0 Å². The SMILES string of the molecule is CCCN(C)C(C)CC(C)(NC)C(=O)OCC. The number of nitrogens with one attached hydrogen (secondary N) is 1. The predicted molar refractivity (Wildman–Crippen MR) is 71.1 cm³/mol. The van der Waals surface area contributed by atoms with Crippen LogP contribution in [0.3, 0.4) is 0 Å². The summed E-state index contributed by atoms with van der Waals surface area (Å²) in [5, 5.41) is 3.09. The van der Waals surface area contributed by atoms with E-state index in [0.717, 1.165) is 19.4 Å². The zero-order valence-electron chi connectivity index (χ0n) is 12.2. The molecule has 4 heteroatoms. The van der Waals surface area contributed by atoms with Crippen LogP contribution in [-0.4, -0.2) is 49.7 Å². The second-order valence-corrected chi connectivity index (χ2v) is 4.84. The molecule has 0 amide bonds. The highest BCUT2D eigenvalue weighted by Gasteiger charge is 2.35. The molecule has 0 aromatic carbocycles. The Morgan fingerprint density at radius 1 is 1.47 bits per heavy atom. The van der Waals surface area contributed by atoms with Crippen LogP contribution in [0, 0.1) is 0 Å². The Morgan fingerprint density at radius 2 is 2.06 bits per heavy atom. The minimum atomic E-state index is -0.600. The van der Waals surface area contributed by atoms with Crippen LogP contribution >= 0.6 is 0 Å². The topological polar surface area (TPSA) is 41.6 Å². The number of ether oxygens (including phenoxy) is 1. The molecule has 0 bridgehead atoms. The van der Waals surface area contributed by atoms with Crippen LogP contribution in [0.1, 0.15) is 40.5 Å². The quantitative estimate of drug-likeness (QED) is 0.659. The first-order chi connectivity index (χ1) is 7.91. The zero-order chi connectivity index (χ0) is 13.5. The maximum Gasteiger partial charge on any atom is 0.326 e. The lowest BCUT2D eigenvalue weighted by molar-refractivity contribution is -0.151. The number of rotatable bonds is 8. The Kier molecular flexibility index (Phi) is 7.39. The van der Waals surface area contributed by atoms with Gasteiger partial charge in [0.05, 0.1) is 6.61 Å². The van der Waals surface area contributed by atoms with Crippen molar-refractivity contribution in [1.29, 1.82) is 0 Å². The molecule has 1 N–H and O–H groups in total. The first kappa shape index (κ1) is 16.4. The van der Waals surface area contributed by atoms with Crippen molar-refractivity contribution < 1.29 is 9.53 Å². The molecular weight excluding hydrogens is 216 g/mol. The number of nitrogens with zero attached hydrogens (tertiary/aromatic N) is 1. The van der Waals surface area contributed by atoms with Gasteiger partial charge in [-0.2, -0.15) is 0 Å². The molecule has 0 aliphatic rings. The lowest BCUT2D eigenvalue weighted by Gasteiger charge is -2.33. The summed E-state index contributed by atoms with van der Waals surface area (Å²) in [6.07, 6.45) is 1.87. The van der Waals surface area contributed by atoms with Crippen molar-refractivity contribution in [2.24, 2.45) is 0 Å². The molecule has 0 aliphatic heterocycles. The summed E-state index contributed by atoms with van der Waals surface area (Å²) in [6, 6.07) is 0.344. The van der Waals surface area contributed by atoms with E-state index >= 15 is 0 Å². The van der Waals surface area contributed by atoms with Crippen LogP contribution in [0.4, 0.5) is 0 Å². The van der Waals surface area contributed by atoms with E-state index < -0.39 is 5.54 Å². The summed E-state index contributed by atoms with van der Waals surface area (Å²) in [7, 11) is 3.90. The smallest absolute Gasteiger partial charge is 0.326 e. The number of likely N-dealkylation sites (N-methyl/N-ethyl adjacent to an activating group) is 1. The summed E-state index contributed by atoms with van der Waals surface area (Å²) in [5.74, 6) is -0.167. The standard InChI is InChI=1S/C13H28N2O2/c1-7-9-15(6)11(3)10-13(4,14-5)12(16)17-8-2/h11,14H,7-10H2,1-6H3. The normalized spacial score (nSPS) is 16.6. The maximum absolute atomic E-state index is 11.9. The molecule has 17 heavy (non-hydrogen) atoms. The molecule has 0 radical (unpaired) electrons. The van der Waals surface area contributed by atoms with Gasteiger partial charge in [0.25, 0.3) is 0 Å². The van der Waals surface area contributed by atoms with Crippen LogP contribution in [0.25, 0.3) is 0 Å². The third-order valence-corrected chi connectivity index (χ3v) is 3.31. The first-order valence-corrected chi connectivity index (χ1v) is 6.47. The summed E-state index contributed by atoms with van der Waals surface area (Å²) in [4.78, 5) is 14.2. The molecule has 0 aromatic rings. The molecule has 0 spiro atoms. The van der Waals surface area contributed by atoms with Crippen molar-refractivity contribution >= 4 is 5.97 Å². The van der Waals surface area contributed by atoms with Gasteiger partial charge in [-0.05, 0) is 54.3 Å². The van der Waals surface area contributed by atoms with Crippen LogP contribution in [0.5, 0.6) is 0 Å². The maximum atomic E-state index is 11.9. The van der Waals surface area contributed by atoms with Gasteiger partial charge in [0, 0.05) is 6.04 Å². The number of carbonyl (C=O) groups excluding carboxylic acids is 1. The van der Waals surface area contributed by atoms with E-state index in [1.54, 1.807) is 0 Å². The number of hydrogen-bond acceptors (Lipinski definition) is 4. The van der Waals surface area contributed by atoms with Crippen LogP contribution in [0.2, 0.25) is 0 Å². The average Bonchev–Trinajstić information content (AvgIpc) is 2.29. The van der Waals surface area contributed by atoms with E-state index in [9.17, 15) is 4.79 Å². The Balaban J connectivity index is 4.51. The van der Waals surface area contributed by atoms with Gasteiger partial charge in [-0.25, -0.2) is 0 Å². The fourth-order valence-corrected chi connectivity index (χ4v) is 1.90. The summed E-state index contributed by atoms with van der Waals surface area (Å²) in [5.41, 5.74) is -0.600. The fraction of sp³-hybridized carbons (Fsp3) is 0.923. The second kappa shape index (κ2) is 7.67. The van der Waals surface area contributed by atoms with E-state index in [-0.39, 0.29) is 5.97 Å². The molecule has 0 saturated carbocycles. The molecular formula is C13H28N2O2. The Bertz CT molecular complexity index is 233. The Labute approximate surface area is 106 Å². The van der Waals surface area contributed by atoms with Crippen LogP contribution in [0.15, 0.2) is 0 Å². The number of carbonyl (C=O) groups is 1. The summed E-state index contributed by atoms with van der Waals surface area (Å²) < 4.78 is 5.12. The second-order valence-electron chi connectivity index (χ2n) is 4.84. The summed E-state index contributed by atoms with van der Waals surface area (Å²) >= 11 is 0. The molecule has 0 saturated heterocycles. The predicted octanol–water partition coefficient (Wildman–Crippen LogP) is 1.65.